The SMILES string of the molecule is N[C@H]1CCc2ccccc2[C@H](c2ccccc2)C1. The predicted octanol–water partition coefficient (Wildman–Crippen LogP) is 3.48. The van der Waals surface area contributed by atoms with Crippen molar-refractivity contribution in [2.45, 2.75) is 31.2 Å². The average Bonchev–Trinajstić information content (AvgIpc) is 2.60. The lowest BCUT2D eigenvalue weighted by molar-refractivity contribution is 0.557. The fraction of sp³-hybridized carbons (Fsp3) is 0.294. The molecule has 1 heteroatoms. The first-order valence-corrected chi connectivity index (χ1v) is 6.73. The molecule has 0 bridgehead atoms. The maximum absolute atomic E-state index is 6.24. The van der Waals surface area contributed by atoms with E-state index in [9.17, 15) is 0 Å². The average molecular weight is 237 g/mol. The van der Waals surface area contributed by atoms with Crippen molar-refractivity contribution in [3.63, 3.8) is 0 Å². The zero-order valence-corrected chi connectivity index (χ0v) is 10.5. The summed E-state index contributed by atoms with van der Waals surface area (Å²) in [7, 11) is 0. The molecule has 0 amide bonds. The highest BCUT2D eigenvalue weighted by molar-refractivity contribution is 5.39. The summed E-state index contributed by atoms with van der Waals surface area (Å²) < 4.78 is 0. The van der Waals surface area contributed by atoms with Gasteiger partial charge in [-0.2, -0.15) is 0 Å². The summed E-state index contributed by atoms with van der Waals surface area (Å²) >= 11 is 0. The van der Waals surface area contributed by atoms with Gasteiger partial charge in [0, 0.05) is 12.0 Å². The maximum Gasteiger partial charge on any atom is 0.0107 e. The summed E-state index contributed by atoms with van der Waals surface area (Å²) in [6.45, 7) is 0. The third-order valence-electron chi connectivity index (χ3n) is 3.96. The quantitative estimate of drug-likeness (QED) is 0.755. The van der Waals surface area contributed by atoms with Crippen LogP contribution in [0.15, 0.2) is 54.6 Å². The van der Waals surface area contributed by atoms with E-state index in [1.807, 2.05) is 0 Å². The van der Waals surface area contributed by atoms with E-state index in [0.29, 0.717) is 12.0 Å². The topological polar surface area (TPSA) is 26.0 Å². The van der Waals surface area contributed by atoms with Crippen LogP contribution in [-0.4, -0.2) is 6.04 Å². The lowest BCUT2D eigenvalue weighted by atomic mass is 9.86. The van der Waals surface area contributed by atoms with Gasteiger partial charge >= 0.3 is 0 Å². The van der Waals surface area contributed by atoms with Gasteiger partial charge in [0.1, 0.15) is 0 Å². The molecule has 1 nitrogen and oxygen atoms in total. The molecular formula is C17H19N. The van der Waals surface area contributed by atoms with Gasteiger partial charge in [-0.25, -0.2) is 0 Å². The van der Waals surface area contributed by atoms with Crippen molar-refractivity contribution in [3.8, 4) is 0 Å². The Morgan fingerprint density at radius 3 is 2.44 bits per heavy atom. The van der Waals surface area contributed by atoms with Crippen LogP contribution in [0.5, 0.6) is 0 Å². The minimum Gasteiger partial charge on any atom is -0.328 e. The zero-order chi connectivity index (χ0) is 12.4. The summed E-state index contributed by atoms with van der Waals surface area (Å²) in [5.74, 6) is 0.458. The van der Waals surface area contributed by atoms with Crippen molar-refractivity contribution in [3.05, 3.63) is 71.3 Å². The summed E-state index contributed by atoms with van der Waals surface area (Å²) in [5.41, 5.74) is 10.6. The highest BCUT2D eigenvalue weighted by Gasteiger charge is 2.23. The van der Waals surface area contributed by atoms with Gasteiger partial charge in [0.15, 0.2) is 0 Å². The van der Waals surface area contributed by atoms with Crippen LogP contribution in [-0.2, 0) is 6.42 Å². The molecule has 18 heavy (non-hydrogen) atoms. The van der Waals surface area contributed by atoms with Crippen molar-refractivity contribution in [2.75, 3.05) is 0 Å². The van der Waals surface area contributed by atoms with Gasteiger partial charge in [-0.3, -0.25) is 0 Å². The Labute approximate surface area is 109 Å². The van der Waals surface area contributed by atoms with Gasteiger partial charge in [0.2, 0.25) is 0 Å². The van der Waals surface area contributed by atoms with Crippen molar-refractivity contribution < 1.29 is 0 Å². The predicted molar refractivity (Wildman–Crippen MR) is 75.6 cm³/mol. The first-order chi connectivity index (χ1) is 8.84. The minimum absolute atomic E-state index is 0.308. The van der Waals surface area contributed by atoms with E-state index >= 15 is 0 Å². The van der Waals surface area contributed by atoms with Crippen LogP contribution in [0.4, 0.5) is 0 Å². The number of fused-ring (bicyclic) bond motifs is 1. The normalized spacial score (nSPS) is 23.2. The molecule has 0 saturated carbocycles. The van der Waals surface area contributed by atoms with Gasteiger partial charge in [-0.15, -0.1) is 0 Å². The molecule has 0 spiro atoms. The molecule has 0 unspecified atom stereocenters. The van der Waals surface area contributed by atoms with Crippen molar-refractivity contribution >= 4 is 0 Å². The van der Waals surface area contributed by atoms with Crippen LogP contribution in [0.25, 0.3) is 0 Å². The highest BCUT2D eigenvalue weighted by Crippen LogP contribution is 2.34. The first kappa shape index (κ1) is 11.5. The van der Waals surface area contributed by atoms with Crippen LogP contribution >= 0.6 is 0 Å². The first-order valence-electron chi connectivity index (χ1n) is 6.73. The Morgan fingerprint density at radius 2 is 1.61 bits per heavy atom. The molecule has 1 aliphatic carbocycles. The third-order valence-corrected chi connectivity index (χ3v) is 3.96. The second kappa shape index (κ2) is 4.95. The van der Waals surface area contributed by atoms with E-state index in [4.69, 9.17) is 5.73 Å². The number of nitrogens with two attached hydrogens (primary N) is 1. The number of aryl methyl sites for hydroxylation is 1. The molecule has 2 aromatic rings. The Kier molecular flexibility index (Phi) is 3.16. The zero-order valence-electron chi connectivity index (χ0n) is 10.5. The maximum atomic E-state index is 6.24. The molecule has 0 aliphatic heterocycles. The standard InChI is InChI=1S/C17H19N/c18-15-11-10-14-8-4-5-9-16(14)17(12-15)13-6-2-1-3-7-13/h1-9,15,17H,10-12,18H2/t15-,17-/m0/s1. The van der Waals surface area contributed by atoms with Gasteiger partial charge in [-0.1, -0.05) is 54.6 Å². The number of hydrogen-bond donors (Lipinski definition) is 1. The van der Waals surface area contributed by atoms with E-state index in [1.54, 1.807) is 0 Å². The fourth-order valence-electron chi connectivity index (χ4n) is 2.99. The smallest absolute Gasteiger partial charge is 0.0107 e. The molecular weight excluding hydrogens is 218 g/mol. The monoisotopic (exact) mass is 237 g/mol. The van der Waals surface area contributed by atoms with Crippen molar-refractivity contribution in [1.29, 1.82) is 0 Å². The minimum atomic E-state index is 0.308. The lowest BCUT2D eigenvalue weighted by Crippen LogP contribution is -2.21. The molecule has 0 heterocycles. The number of hydrogen-bond acceptors (Lipinski definition) is 1. The largest absolute Gasteiger partial charge is 0.328 e. The molecule has 92 valence electrons. The van der Waals surface area contributed by atoms with E-state index in [0.717, 1.165) is 19.3 Å². The summed E-state index contributed by atoms with van der Waals surface area (Å²) in [5, 5.41) is 0. The van der Waals surface area contributed by atoms with E-state index in [1.165, 1.54) is 16.7 Å². The Bertz CT molecular complexity index is 518. The molecule has 0 aromatic heterocycles. The molecule has 0 radical (unpaired) electrons. The van der Waals surface area contributed by atoms with Crippen LogP contribution in [0.1, 0.15) is 35.4 Å². The number of rotatable bonds is 1. The Hall–Kier alpha value is -1.60. The van der Waals surface area contributed by atoms with Gasteiger partial charge < -0.3 is 5.73 Å². The van der Waals surface area contributed by atoms with Crippen LogP contribution < -0.4 is 5.73 Å². The second-order valence-corrected chi connectivity index (χ2v) is 5.20. The van der Waals surface area contributed by atoms with Gasteiger partial charge in [-0.05, 0) is 36.0 Å². The van der Waals surface area contributed by atoms with E-state index in [-0.39, 0.29) is 0 Å². The fourth-order valence-corrected chi connectivity index (χ4v) is 2.99. The van der Waals surface area contributed by atoms with Crippen LogP contribution in [0, 0.1) is 0 Å². The van der Waals surface area contributed by atoms with Gasteiger partial charge in [0.25, 0.3) is 0 Å². The molecule has 0 fully saturated rings. The van der Waals surface area contributed by atoms with E-state index < -0.39 is 0 Å². The second-order valence-electron chi connectivity index (χ2n) is 5.20. The van der Waals surface area contributed by atoms with Crippen molar-refractivity contribution in [1.82, 2.24) is 0 Å². The summed E-state index contributed by atoms with van der Waals surface area (Å²) in [6, 6.07) is 19.9. The van der Waals surface area contributed by atoms with E-state index in [2.05, 4.69) is 54.6 Å². The molecule has 0 saturated heterocycles. The molecule has 3 rings (SSSR count). The Balaban J connectivity index is 2.07. The summed E-state index contributed by atoms with van der Waals surface area (Å²) in [6.07, 6.45) is 3.27. The highest BCUT2D eigenvalue weighted by atomic mass is 14.6. The van der Waals surface area contributed by atoms with Gasteiger partial charge in [0.05, 0.1) is 0 Å². The Morgan fingerprint density at radius 1 is 0.889 bits per heavy atom. The number of benzene rings is 2. The summed E-state index contributed by atoms with van der Waals surface area (Å²) in [4.78, 5) is 0. The van der Waals surface area contributed by atoms with Crippen molar-refractivity contribution in [2.24, 2.45) is 5.73 Å². The molecule has 2 atom stereocenters. The van der Waals surface area contributed by atoms with Crippen LogP contribution in [0.3, 0.4) is 0 Å². The molecule has 1 aliphatic rings. The molecule has 2 aromatic carbocycles. The third kappa shape index (κ3) is 2.19. The molecule has 2 N–H and O–H groups in total. The lowest BCUT2D eigenvalue weighted by Gasteiger charge is -2.20. The van der Waals surface area contributed by atoms with Crippen LogP contribution in [0.2, 0.25) is 0 Å².